The van der Waals surface area contributed by atoms with Crippen molar-refractivity contribution < 1.29 is 4.74 Å². The van der Waals surface area contributed by atoms with Crippen molar-refractivity contribution in [2.75, 3.05) is 13.7 Å². The Labute approximate surface area is 101 Å². The summed E-state index contributed by atoms with van der Waals surface area (Å²) in [7, 11) is 1.78. The third-order valence-corrected chi connectivity index (χ3v) is 4.17. The van der Waals surface area contributed by atoms with E-state index in [0.29, 0.717) is 12.0 Å². The summed E-state index contributed by atoms with van der Waals surface area (Å²) in [6.45, 7) is 5.40. The minimum absolute atomic E-state index is 0.385. The lowest BCUT2D eigenvalue weighted by atomic mass is 9.72. The molecule has 2 nitrogen and oxygen atoms in total. The van der Waals surface area contributed by atoms with E-state index in [9.17, 15) is 0 Å². The minimum Gasteiger partial charge on any atom is -0.384 e. The number of nitrogens with two attached hydrogens (primary N) is 1. The van der Waals surface area contributed by atoms with E-state index in [-0.39, 0.29) is 0 Å². The molecule has 16 heavy (non-hydrogen) atoms. The summed E-state index contributed by atoms with van der Waals surface area (Å²) in [6.07, 6.45) is 7.96. The van der Waals surface area contributed by atoms with Gasteiger partial charge in [-0.2, -0.15) is 0 Å². The Hall–Kier alpha value is -0.0800. The van der Waals surface area contributed by atoms with Gasteiger partial charge in [0, 0.05) is 19.8 Å². The molecule has 2 heteroatoms. The predicted octanol–water partition coefficient (Wildman–Crippen LogP) is 3.20. The van der Waals surface area contributed by atoms with Crippen LogP contribution in [-0.2, 0) is 4.74 Å². The van der Waals surface area contributed by atoms with Crippen molar-refractivity contribution in [1.82, 2.24) is 0 Å². The van der Waals surface area contributed by atoms with Gasteiger partial charge in [0.25, 0.3) is 0 Å². The van der Waals surface area contributed by atoms with E-state index in [1.54, 1.807) is 7.11 Å². The van der Waals surface area contributed by atoms with Crippen LogP contribution < -0.4 is 5.73 Å². The molecule has 4 atom stereocenters. The van der Waals surface area contributed by atoms with Gasteiger partial charge in [0.15, 0.2) is 0 Å². The van der Waals surface area contributed by atoms with Gasteiger partial charge < -0.3 is 10.5 Å². The number of hydrogen-bond acceptors (Lipinski definition) is 2. The van der Waals surface area contributed by atoms with Gasteiger partial charge in [0.05, 0.1) is 0 Å². The van der Waals surface area contributed by atoms with Crippen molar-refractivity contribution in [2.24, 2.45) is 23.5 Å². The van der Waals surface area contributed by atoms with Gasteiger partial charge in [-0.15, -0.1) is 0 Å². The standard InChI is InChI=1S/C14H29NO/c1-4-12-7-5-6-8-13(12)14(15)9-11(2)10-16-3/h11-14H,4-10,15H2,1-3H3. The second-order valence-corrected chi connectivity index (χ2v) is 5.58. The quantitative estimate of drug-likeness (QED) is 0.756. The maximum Gasteiger partial charge on any atom is 0.0488 e. The average Bonchev–Trinajstić information content (AvgIpc) is 2.29. The lowest BCUT2D eigenvalue weighted by Gasteiger charge is -2.36. The minimum atomic E-state index is 0.385. The van der Waals surface area contributed by atoms with E-state index in [4.69, 9.17) is 10.5 Å². The van der Waals surface area contributed by atoms with Gasteiger partial charge in [-0.3, -0.25) is 0 Å². The molecule has 1 saturated carbocycles. The monoisotopic (exact) mass is 227 g/mol. The zero-order valence-electron chi connectivity index (χ0n) is 11.2. The Bertz CT molecular complexity index is 184. The summed E-state index contributed by atoms with van der Waals surface area (Å²) in [5.41, 5.74) is 6.39. The molecule has 0 spiro atoms. The van der Waals surface area contributed by atoms with Crippen LogP contribution in [-0.4, -0.2) is 19.8 Å². The van der Waals surface area contributed by atoms with Crippen molar-refractivity contribution >= 4 is 0 Å². The average molecular weight is 227 g/mol. The first-order valence-corrected chi connectivity index (χ1v) is 6.93. The summed E-state index contributed by atoms with van der Waals surface area (Å²) in [5.74, 6) is 2.23. The van der Waals surface area contributed by atoms with E-state index >= 15 is 0 Å². The lowest BCUT2D eigenvalue weighted by molar-refractivity contribution is 0.130. The second kappa shape index (κ2) is 7.29. The van der Waals surface area contributed by atoms with Crippen molar-refractivity contribution in [2.45, 2.75) is 58.4 Å². The van der Waals surface area contributed by atoms with Gasteiger partial charge >= 0.3 is 0 Å². The predicted molar refractivity (Wildman–Crippen MR) is 69.4 cm³/mol. The highest BCUT2D eigenvalue weighted by Gasteiger charge is 2.29. The molecule has 96 valence electrons. The fourth-order valence-corrected chi connectivity index (χ4v) is 3.30. The molecule has 0 heterocycles. The van der Waals surface area contributed by atoms with Crippen molar-refractivity contribution in [3.05, 3.63) is 0 Å². The molecule has 0 aliphatic heterocycles. The summed E-state index contributed by atoms with van der Waals surface area (Å²) in [6, 6.07) is 0.385. The summed E-state index contributed by atoms with van der Waals surface area (Å²) in [5, 5.41) is 0. The molecule has 0 aromatic carbocycles. The SMILES string of the molecule is CCC1CCCCC1C(N)CC(C)COC. The number of hydrogen-bond donors (Lipinski definition) is 1. The van der Waals surface area contributed by atoms with Gasteiger partial charge in [-0.25, -0.2) is 0 Å². The number of methoxy groups -OCH3 is 1. The molecule has 0 radical (unpaired) electrons. The van der Waals surface area contributed by atoms with Crippen LogP contribution in [0.1, 0.15) is 52.4 Å². The highest BCUT2D eigenvalue weighted by atomic mass is 16.5. The zero-order valence-corrected chi connectivity index (χ0v) is 11.2. The van der Waals surface area contributed by atoms with Crippen LogP contribution in [0.5, 0.6) is 0 Å². The van der Waals surface area contributed by atoms with E-state index in [2.05, 4.69) is 13.8 Å². The Morgan fingerprint density at radius 1 is 1.31 bits per heavy atom. The van der Waals surface area contributed by atoms with Gasteiger partial charge in [0.2, 0.25) is 0 Å². The largest absolute Gasteiger partial charge is 0.384 e. The third-order valence-electron chi connectivity index (χ3n) is 4.17. The van der Waals surface area contributed by atoms with Crippen LogP contribution in [0, 0.1) is 17.8 Å². The molecule has 0 saturated heterocycles. The number of rotatable bonds is 6. The van der Waals surface area contributed by atoms with Crippen molar-refractivity contribution in [1.29, 1.82) is 0 Å². The summed E-state index contributed by atoms with van der Waals surface area (Å²) >= 11 is 0. The molecule has 0 bridgehead atoms. The fraction of sp³-hybridized carbons (Fsp3) is 1.00. The van der Waals surface area contributed by atoms with Gasteiger partial charge in [-0.1, -0.05) is 39.5 Å². The van der Waals surface area contributed by atoms with Crippen LogP contribution in [0.25, 0.3) is 0 Å². The second-order valence-electron chi connectivity index (χ2n) is 5.58. The maximum absolute atomic E-state index is 6.39. The molecule has 1 rings (SSSR count). The van der Waals surface area contributed by atoms with Crippen LogP contribution in [0.3, 0.4) is 0 Å². The van der Waals surface area contributed by atoms with E-state index in [1.165, 1.54) is 32.1 Å². The zero-order chi connectivity index (χ0) is 12.0. The fourth-order valence-electron chi connectivity index (χ4n) is 3.30. The molecule has 0 aromatic rings. The highest BCUT2D eigenvalue weighted by Crippen LogP contribution is 2.35. The van der Waals surface area contributed by atoms with Crippen molar-refractivity contribution in [3.8, 4) is 0 Å². The van der Waals surface area contributed by atoms with Crippen molar-refractivity contribution in [3.63, 3.8) is 0 Å². The molecule has 4 unspecified atom stereocenters. The van der Waals surface area contributed by atoms with Crippen LogP contribution in [0.2, 0.25) is 0 Å². The maximum atomic E-state index is 6.39. The van der Waals surface area contributed by atoms with Gasteiger partial charge in [0.1, 0.15) is 0 Å². The van der Waals surface area contributed by atoms with Crippen LogP contribution in [0.15, 0.2) is 0 Å². The topological polar surface area (TPSA) is 35.2 Å². The van der Waals surface area contributed by atoms with E-state index in [1.807, 2.05) is 0 Å². The Morgan fingerprint density at radius 2 is 2.00 bits per heavy atom. The smallest absolute Gasteiger partial charge is 0.0488 e. The van der Waals surface area contributed by atoms with Gasteiger partial charge in [-0.05, 0) is 30.6 Å². The molecule has 0 amide bonds. The normalized spacial score (nSPS) is 30.0. The third kappa shape index (κ3) is 4.06. The number of ether oxygens (including phenoxy) is 1. The first kappa shape index (κ1) is 14.0. The molecule has 0 aromatic heterocycles. The molecule has 1 aliphatic rings. The Kier molecular flexibility index (Phi) is 6.37. The highest BCUT2D eigenvalue weighted by molar-refractivity contribution is 4.83. The first-order valence-electron chi connectivity index (χ1n) is 6.93. The van der Waals surface area contributed by atoms with Crippen LogP contribution >= 0.6 is 0 Å². The molecule has 2 N–H and O–H groups in total. The first-order chi connectivity index (χ1) is 7.69. The van der Waals surface area contributed by atoms with E-state index in [0.717, 1.165) is 24.9 Å². The Morgan fingerprint density at radius 3 is 2.62 bits per heavy atom. The summed E-state index contributed by atoms with van der Waals surface area (Å²) < 4.78 is 5.19. The Balaban J connectivity index is 2.40. The summed E-state index contributed by atoms with van der Waals surface area (Å²) in [4.78, 5) is 0. The van der Waals surface area contributed by atoms with E-state index < -0.39 is 0 Å². The molecule has 1 aliphatic carbocycles. The molecule has 1 fully saturated rings. The molecular formula is C14H29NO. The molecular weight excluding hydrogens is 198 g/mol. The van der Waals surface area contributed by atoms with Crippen LogP contribution in [0.4, 0.5) is 0 Å². The lowest BCUT2D eigenvalue weighted by Crippen LogP contribution is -2.38.